The number of aryl methyl sites for hydroxylation is 1. The van der Waals surface area contributed by atoms with Gasteiger partial charge in [0.15, 0.2) is 0 Å². The van der Waals surface area contributed by atoms with E-state index in [1.807, 2.05) is 26.0 Å². The molecule has 1 aromatic heterocycles. The third kappa shape index (κ3) is 10.7. The van der Waals surface area contributed by atoms with Crippen LogP contribution in [0.1, 0.15) is 71.0 Å². The van der Waals surface area contributed by atoms with Crippen LogP contribution in [0.5, 0.6) is 0 Å². The topological polar surface area (TPSA) is 111 Å². The first-order chi connectivity index (χ1) is 22.2. The molecule has 0 saturated carbocycles. The van der Waals surface area contributed by atoms with Gasteiger partial charge < -0.3 is 25.1 Å². The molecule has 0 saturated heterocycles. The number of carbonyl (C=O) groups is 2. The Labute approximate surface area is 281 Å². The molecule has 3 N–H and O–H groups in total. The van der Waals surface area contributed by atoms with E-state index in [0.29, 0.717) is 36.3 Å². The van der Waals surface area contributed by atoms with Crippen molar-refractivity contribution < 1.29 is 27.5 Å². The number of hydrogen-bond acceptors (Lipinski definition) is 7. The largest absolute Gasteiger partial charge is 0.456 e. The normalized spacial score (nSPS) is 12.2. The van der Waals surface area contributed by atoms with Gasteiger partial charge in [-0.05, 0) is 72.7 Å². The zero-order valence-corrected chi connectivity index (χ0v) is 27.8. The summed E-state index contributed by atoms with van der Waals surface area (Å²) < 4.78 is 39.4. The summed E-state index contributed by atoms with van der Waals surface area (Å²) in [6.07, 6.45) is 4.53. The molecule has 2 unspecified atom stereocenters. The maximum absolute atomic E-state index is 14.0. The highest BCUT2D eigenvalue weighted by molar-refractivity contribution is 5.99. The Bertz CT molecular complexity index is 1580. The number of halogens is 3. The van der Waals surface area contributed by atoms with Crippen LogP contribution >= 0.6 is 12.4 Å². The predicted octanol–water partition coefficient (Wildman–Crippen LogP) is 6.75. The third-order valence-corrected chi connectivity index (χ3v) is 7.57. The van der Waals surface area contributed by atoms with Gasteiger partial charge in [0.05, 0.1) is 11.8 Å². The average Bonchev–Trinajstić information content (AvgIpc) is 3.58. The quantitative estimate of drug-likeness (QED) is 0.127. The van der Waals surface area contributed by atoms with Crippen molar-refractivity contribution in [3.05, 3.63) is 113 Å². The Hall–Kier alpha value is -4.12. The molecule has 0 fully saturated rings. The Balaban J connectivity index is 0.00000600. The monoisotopic (exact) mass is 668 g/mol. The fourth-order valence-electron chi connectivity index (χ4n) is 5.33. The molecule has 0 bridgehead atoms. The Kier molecular flexibility index (Phi) is 14.5. The van der Waals surface area contributed by atoms with E-state index >= 15 is 0 Å². The molecule has 1 amide bonds. The van der Waals surface area contributed by atoms with Gasteiger partial charge in [-0.1, -0.05) is 45.0 Å². The number of rotatable bonds is 16. The van der Waals surface area contributed by atoms with E-state index < -0.39 is 29.7 Å². The molecule has 0 spiro atoms. The van der Waals surface area contributed by atoms with E-state index in [4.69, 9.17) is 14.9 Å². The van der Waals surface area contributed by atoms with Gasteiger partial charge in [-0.3, -0.25) is 4.79 Å². The second kappa shape index (κ2) is 18.3. The molecular formula is C36H43ClF2N4O4. The first kappa shape index (κ1) is 37.3. The maximum Gasteiger partial charge on any atom is 0.338 e. The number of ether oxygens (including phenoxy) is 1. The molecule has 8 nitrogen and oxygen atoms in total. The summed E-state index contributed by atoms with van der Waals surface area (Å²) in [5.41, 5.74) is 10.00. The van der Waals surface area contributed by atoms with Crippen LogP contribution in [0.15, 0.2) is 77.5 Å². The Morgan fingerprint density at radius 1 is 0.936 bits per heavy atom. The highest BCUT2D eigenvalue weighted by atomic mass is 35.5. The summed E-state index contributed by atoms with van der Waals surface area (Å²) in [5.74, 6) is -2.11. The van der Waals surface area contributed by atoms with Gasteiger partial charge in [-0.2, -0.15) is 0 Å². The summed E-state index contributed by atoms with van der Waals surface area (Å²) >= 11 is 0. The first-order valence-corrected chi connectivity index (χ1v) is 15.7. The molecule has 0 aliphatic carbocycles. The predicted molar refractivity (Wildman–Crippen MR) is 180 cm³/mol. The number of benzene rings is 3. The van der Waals surface area contributed by atoms with Crippen molar-refractivity contribution in [2.75, 3.05) is 19.6 Å². The van der Waals surface area contributed by atoms with Crippen LogP contribution in [-0.4, -0.2) is 53.5 Å². The Morgan fingerprint density at radius 2 is 1.62 bits per heavy atom. The molecule has 2 atom stereocenters. The maximum atomic E-state index is 14.0. The SMILES string of the molecule is CCCN(CCC)C(=O)c1cc(C(=O)OC(CNCc2cccc(CC)c2)C(N)Cc2cc(F)cc(F)c2)cc(-c2ncco2)c1.Cl. The number of nitrogens with one attached hydrogen (secondary N) is 1. The lowest BCUT2D eigenvalue weighted by atomic mass is 10.0. The molecule has 47 heavy (non-hydrogen) atoms. The van der Waals surface area contributed by atoms with Crippen LogP contribution in [0.25, 0.3) is 11.5 Å². The fraction of sp³-hybridized carbons (Fsp3) is 0.361. The molecule has 0 aliphatic heterocycles. The summed E-state index contributed by atoms with van der Waals surface area (Å²) in [5, 5.41) is 3.31. The summed E-state index contributed by atoms with van der Waals surface area (Å²) in [7, 11) is 0. The Morgan fingerprint density at radius 3 is 2.26 bits per heavy atom. The first-order valence-electron chi connectivity index (χ1n) is 15.7. The van der Waals surface area contributed by atoms with Crippen LogP contribution in [0.2, 0.25) is 0 Å². The number of carbonyl (C=O) groups excluding carboxylic acids is 2. The summed E-state index contributed by atoms with van der Waals surface area (Å²) in [4.78, 5) is 33.3. The molecule has 252 valence electrons. The van der Waals surface area contributed by atoms with Crippen molar-refractivity contribution in [1.82, 2.24) is 15.2 Å². The van der Waals surface area contributed by atoms with Gasteiger partial charge in [0, 0.05) is 49.4 Å². The standard InChI is InChI=1S/C36H42F2N4O4.ClH/c1-4-11-42(12-5-2)35(43)28-18-27(34-41-10-13-45-34)19-29(20-28)36(44)46-33(23-40-22-25-9-7-8-24(6-3)14-25)32(39)17-26-15-30(37)21-31(38)16-26;/h7-10,13-16,18-21,32-33,40H,4-6,11-12,17,22-23,39H2,1-3H3;1H. The molecule has 0 radical (unpaired) electrons. The lowest BCUT2D eigenvalue weighted by molar-refractivity contribution is 0.0238. The van der Waals surface area contributed by atoms with Gasteiger partial charge in [-0.15, -0.1) is 12.4 Å². The number of aromatic nitrogens is 1. The molecule has 1 heterocycles. The van der Waals surface area contributed by atoms with E-state index in [-0.39, 0.29) is 42.7 Å². The molecular weight excluding hydrogens is 626 g/mol. The minimum absolute atomic E-state index is 0. The van der Waals surface area contributed by atoms with Crippen LogP contribution in [-0.2, 0) is 24.1 Å². The lowest BCUT2D eigenvalue weighted by Gasteiger charge is -2.25. The van der Waals surface area contributed by atoms with Crippen molar-refractivity contribution >= 4 is 24.3 Å². The minimum Gasteiger partial charge on any atom is -0.456 e. The highest BCUT2D eigenvalue weighted by Gasteiger charge is 2.26. The molecule has 11 heteroatoms. The zero-order chi connectivity index (χ0) is 33.1. The lowest BCUT2D eigenvalue weighted by Crippen LogP contribution is -2.46. The van der Waals surface area contributed by atoms with E-state index in [1.165, 1.54) is 36.2 Å². The molecule has 0 aliphatic rings. The second-order valence-corrected chi connectivity index (χ2v) is 11.3. The third-order valence-electron chi connectivity index (χ3n) is 7.57. The van der Waals surface area contributed by atoms with Crippen molar-refractivity contribution in [3.8, 4) is 11.5 Å². The van der Waals surface area contributed by atoms with Crippen molar-refractivity contribution in [1.29, 1.82) is 0 Å². The van der Waals surface area contributed by atoms with Crippen molar-refractivity contribution in [2.24, 2.45) is 5.73 Å². The van der Waals surface area contributed by atoms with E-state index in [9.17, 15) is 18.4 Å². The van der Waals surface area contributed by atoms with E-state index in [2.05, 4.69) is 29.4 Å². The number of nitrogens with two attached hydrogens (primary N) is 1. The van der Waals surface area contributed by atoms with E-state index in [0.717, 1.165) is 30.9 Å². The van der Waals surface area contributed by atoms with Gasteiger partial charge in [0.1, 0.15) is 24.0 Å². The van der Waals surface area contributed by atoms with Crippen molar-refractivity contribution in [3.63, 3.8) is 0 Å². The summed E-state index contributed by atoms with van der Waals surface area (Å²) in [6.45, 7) is 7.88. The number of oxazole rings is 1. The van der Waals surface area contributed by atoms with Crippen molar-refractivity contribution in [2.45, 2.75) is 65.1 Å². The smallest absolute Gasteiger partial charge is 0.338 e. The number of hydrogen-bond donors (Lipinski definition) is 2. The number of amides is 1. The molecule has 4 rings (SSSR count). The fourth-order valence-corrected chi connectivity index (χ4v) is 5.33. The molecule has 4 aromatic rings. The van der Waals surface area contributed by atoms with Crippen LogP contribution < -0.4 is 11.1 Å². The zero-order valence-electron chi connectivity index (χ0n) is 27.0. The average molecular weight is 669 g/mol. The van der Waals surface area contributed by atoms with E-state index in [1.54, 1.807) is 17.0 Å². The van der Waals surface area contributed by atoms with Gasteiger partial charge in [0.25, 0.3) is 5.91 Å². The number of nitrogens with zero attached hydrogens (tertiary/aromatic N) is 2. The van der Waals surface area contributed by atoms with Gasteiger partial charge >= 0.3 is 5.97 Å². The number of esters is 1. The molecule has 3 aromatic carbocycles. The van der Waals surface area contributed by atoms with Crippen LogP contribution in [0.4, 0.5) is 8.78 Å². The van der Waals surface area contributed by atoms with Gasteiger partial charge in [-0.25, -0.2) is 18.6 Å². The second-order valence-electron chi connectivity index (χ2n) is 11.3. The minimum atomic E-state index is -0.880. The van der Waals surface area contributed by atoms with Crippen LogP contribution in [0.3, 0.4) is 0 Å². The summed E-state index contributed by atoms with van der Waals surface area (Å²) in [6, 6.07) is 15.2. The highest BCUT2D eigenvalue weighted by Crippen LogP contribution is 2.24. The van der Waals surface area contributed by atoms with Gasteiger partial charge in [0.2, 0.25) is 5.89 Å². The van der Waals surface area contributed by atoms with Crippen LogP contribution in [0, 0.1) is 11.6 Å².